The molecule has 4 heteroatoms. The van der Waals surface area contributed by atoms with Gasteiger partial charge in [-0.15, -0.1) is 0 Å². The van der Waals surface area contributed by atoms with Crippen LogP contribution in [0.5, 0.6) is 5.75 Å². The van der Waals surface area contributed by atoms with Crippen molar-refractivity contribution in [1.29, 1.82) is 0 Å². The molecule has 0 fully saturated rings. The maximum Gasteiger partial charge on any atom is 0.314 e. The van der Waals surface area contributed by atoms with E-state index in [2.05, 4.69) is 10.6 Å². The van der Waals surface area contributed by atoms with Crippen molar-refractivity contribution in [3.63, 3.8) is 0 Å². The van der Waals surface area contributed by atoms with Crippen LogP contribution in [-0.4, -0.2) is 24.7 Å². The number of benzene rings is 1. The molecule has 0 spiro atoms. The summed E-state index contributed by atoms with van der Waals surface area (Å²) < 4.78 is 5.58. The first-order chi connectivity index (χ1) is 8.97. The number of rotatable bonds is 6. The van der Waals surface area contributed by atoms with Crippen molar-refractivity contribution < 1.29 is 9.53 Å². The minimum absolute atomic E-state index is 0.116. The Bertz CT molecular complexity index is 386. The fourth-order valence-corrected chi connectivity index (χ4v) is 1.64. The van der Waals surface area contributed by atoms with Gasteiger partial charge in [-0.2, -0.15) is 0 Å². The van der Waals surface area contributed by atoms with Crippen molar-refractivity contribution >= 4 is 6.03 Å². The molecule has 0 aliphatic heterocycles. The Morgan fingerprint density at radius 1 is 1.16 bits per heavy atom. The first-order valence-electron chi connectivity index (χ1n) is 6.77. The van der Waals surface area contributed by atoms with E-state index in [1.165, 1.54) is 5.56 Å². The first kappa shape index (κ1) is 15.3. The van der Waals surface area contributed by atoms with Gasteiger partial charge in [0.05, 0.1) is 6.10 Å². The highest BCUT2D eigenvalue weighted by Gasteiger charge is 2.02. The molecular weight excluding hydrogens is 240 g/mol. The molecule has 0 radical (unpaired) electrons. The molecular formula is C15H24N2O2. The highest BCUT2D eigenvalue weighted by atomic mass is 16.5. The lowest BCUT2D eigenvalue weighted by Crippen LogP contribution is -2.40. The molecule has 0 aliphatic rings. The molecule has 1 aromatic rings. The Kier molecular flexibility index (Phi) is 6.19. The van der Waals surface area contributed by atoms with E-state index in [1.807, 2.05) is 52.0 Å². The molecule has 0 aromatic heterocycles. The van der Waals surface area contributed by atoms with Crippen LogP contribution >= 0.6 is 0 Å². The third kappa shape index (κ3) is 6.70. The van der Waals surface area contributed by atoms with Gasteiger partial charge in [0.2, 0.25) is 0 Å². The highest BCUT2D eigenvalue weighted by Crippen LogP contribution is 2.13. The summed E-state index contributed by atoms with van der Waals surface area (Å²) in [4.78, 5) is 11.4. The van der Waals surface area contributed by atoms with E-state index >= 15 is 0 Å². The van der Waals surface area contributed by atoms with Gasteiger partial charge in [-0.3, -0.25) is 0 Å². The van der Waals surface area contributed by atoms with E-state index < -0.39 is 0 Å². The third-order valence-electron chi connectivity index (χ3n) is 2.41. The van der Waals surface area contributed by atoms with Crippen molar-refractivity contribution in [3.05, 3.63) is 29.8 Å². The minimum atomic E-state index is -0.116. The molecule has 19 heavy (non-hydrogen) atoms. The van der Waals surface area contributed by atoms with Crippen molar-refractivity contribution in [2.45, 2.75) is 46.3 Å². The molecule has 2 amide bonds. The number of urea groups is 1. The quantitative estimate of drug-likeness (QED) is 0.830. The number of amides is 2. The van der Waals surface area contributed by atoms with Crippen LogP contribution in [0.2, 0.25) is 0 Å². The Labute approximate surface area is 115 Å². The van der Waals surface area contributed by atoms with Crippen LogP contribution in [-0.2, 0) is 6.42 Å². The fourth-order valence-electron chi connectivity index (χ4n) is 1.64. The standard InChI is InChI=1S/C15H24N2O2/c1-11(2)17-15(18)16-10-9-13-5-7-14(8-6-13)19-12(3)4/h5-8,11-12H,9-10H2,1-4H3,(H2,16,17,18). The van der Waals surface area contributed by atoms with Crippen molar-refractivity contribution in [1.82, 2.24) is 10.6 Å². The number of hydrogen-bond acceptors (Lipinski definition) is 2. The monoisotopic (exact) mass is 264 g/mol. The zero-order valence-corrected chi connectivity index (χ0v) is 12.2. The minimum Gasteiger partial charge on any atom is -0.491 e. The van der Waals surface area contributed by atoms with Gasteiger partial charge in [0, 0.05) is 12.6 Å². The lowest BCUT2D eigenvalue weighted by Gasteiger charge is -2.11. The highest BCUT2D eigenvalue weighted by molar-refractivity contribution is 5.74. The summed E-state index contributed by atoms with van der Waals surface area (Å²) >= 11 is 0. The van der Waals surface area contributed by atoms with E-state index in [-0.39, 0.29) is 18.2 Å². The molecule has 1 aromatic carbocycles. The molecule has 106 valence electrons. The van der Waals surface area contributed by atoms with Gasteiger partial charge < -0.3 is 15.4 Å². The van der Waals surface area contributed by atoms with Crippen molar-refractivity contribution in [2.24, 2.45) is 0 Å². The summed E-state index contributed by atoms with van der Waals surface area (Å²) in [5.41, 5.74) is 1.18. The first-order valence-corrected chi connectivity index (χ1v) is 6.77. The maximum atomic E-state index is 11.4. The van der Waals surface area contributed by atoms with E-state index in [0.717, 1.165) is 12.2 Å². The smallest absolute Gasteiger partial charge is 0.314 e. The summed E-state index contributed by atoms with van der Waals surface area (Å²) in [5.74, 6) is 0.879. The Hall–Kier alpha value is -1.71. The van der Waals surface area contributed by atoms with Gasteiger partial charge in [-0.05, 0) is 51.8 Å². The van der Waals surface area contributed by atoms with E-state index in [4.69, 9.17) is 4.74 Å². The molecule has 2 N–H and O–H groups in total. The molecule has 0 aliphatic carbocycles. The molecule has 0 saturated carbocycles. The van der Waals surface area contributed by atoms with Crippen LogP contribution in [0.25, 0.3) is 0 Å². The van der Waals surface area contributed by atoms with Gasteiger partial charge in [-0.25, -0.2) is 4.79 Å². The number of carbonyl (C=O) groups excluding carboxylic acids is 1. The maximum absolute atomic E-state index is 11.4. The normalized spacial score (nSPS) is 10.6. The zero-order chi connectivity index (χ0) is 14.3. The Morgan fingerprint density at radius 2 is 1.79 bits per heavy atom. The number of nitrogens with one attached hydrogen (secondary N) is 2. The number of carbonyl (C=O) groups is 1. The summed E-state index contributed by atoms with van der Waals surface area (Å²) in [6.07, 6.45) is 1.00. The van der Waals surface area contributed by atoms with E-state index in [1.54, 1.807) is 0 Å². The molecule has 0 bridgehead atoms. The van der Waals surface area contributed by atoms with E-state index in [0.29, 0.717) is 6.54 Å². The predicted octanol–water partition coefficient (Wildman–Crippen LogP) is 2.72. The predicted molar refractivity (Wildman–Crippen MR) is 77.6 cm³/mol. The lowest BCUT2D eigenvalue weighted by atomic mass is 10.1. The Morgan fingerprint density at radius 3 is 2.32 bits per heavy atom. The largest absolute Gasteiger partial charge is 0.491 e. The second kappa shape index (κ2) is 7.67. The van der Waals surface area contributed by atoms with Gasteiger partial charge in [0.15, 0.2) is 0 Å². The third-order valence-corrected chi connectivity index (χ3v) is 2.41. The van der Waals surface area contributed by atoms with Crippen LogP contribution < -0.4 is 15.4 Å². The van der Waals surface area contributed by atoms with Crippen LogP contribution in [0.15, 0.2) is 24.3 Å². The SMILES string of the molecule is CC(C)NC(=O)NCCc1ccc(OC(C)C)cc1. The van der Waals surface area contributed by atoms with Crippen LogP contribution in [0, 0.1) is 0 Å². The molecule has 0 unspecified atom stereocenters. The summed E-state index contributed by atoms with van der Waals surface area (Å²) in [6.45, 7) is 8.51. The second-order valence-corrected chi connectivity index (χ2v) is 5.12. The molecule has 0 atom stereocenters. The molecule has 1 rings (SSSR count). The van der Waals surface area contributed by atoms with Crippen LogP contribution in [0.3, 0.4) is 0 Å². The summed E-state index contributed by atoms with van der Waals surface area (Å²) in [6, 6.07) is 8.02. The second-order valence-electron chi connectivity index (χ2n) is 5.12. The fraction of sp³-hybridized carbons (Fsp3) is 0.533. The zero-order valence-electron chi connectivity index (χ0n) is 12.2. The lowest BCUT2D eigenvalue weighted by molar-refractivity contribution is 0.238. The Balaban J connectivity index is 2.32. The van der Waals surface area contributed by atoms with E-state index in [9.17, 15) is 4.79 Å². The average molecular weight is 264 g/mol. The van der Waals surface area contributed by atoms with Gasteiger partial charge in [0.1, 0.15) is 5.75 Å². The summed E-state index contributed by atoms with van der Waals surface area (Å²) in [7, 11) is 0. The molecule has 4 nitrogen and oxygen atoms in total. The summed E-state index contributed by atoms with van der Waals surface area (Å²) in [5, 5.41) is 5.62. The van der Waals surface area contributed by atoms with Crippen molar-refractivity contribution in [3.8, 4) is 5.75 Å². The number of hydrogen-bond donors (Lipinski definition) is 2. The molecule has 0 saturated heterocycles. The van der Waals surface area contributed by atoms with Gasteiger partial charge in [-0.1, -0.05) is 12.1 Å². The topological polar surface area (TPSA) is 50.4 Å². The average Bonchev–Trinajstić information content (AvgIpc) is 2.29. The van der Waals surface area contributed by atoms with Gasteiger partial charge >= 0.3 is 6.03 Å². The van der Waals surface area contributed by atoms with Crippen molar-refractivity contribution in [2.75, 3.05) is 6.54 Å². The van der Waals surface area contributed by atoms with Crippen LogP contribution in [0.4, 0.5) is 4.79 Å². The number of ether oxygens (including phenoxy) is 1. The van der Waals surface area contributed by atoms with Gasteiger partial charge in [0.25, 0.3) is 0 Å². The van der Waals surface area contributed by atoms with Crippen LogP contribution in [0.1, 0.15) is 33.3 Å². The molecule has 0 heterocycles.